The van der Waals surface area contributed by atoms with E-state index in [1.807, 2.05) is 23.5 Å². The van der Waals surface area contributed by atoms with Crippen LogP contribution in [0.3, 0.4) is 0 Å². The third kappa shape index (κ3) is 4.52. The number of rotatable bonds is 6. The van der Waals surface area contributed by atoms with Crippen LogP contribution in [-0.2, 0) is 19.3 Å². The van der Waals surface area contributed by atoms with Crippen molar-refractivity contribution < 1.29 is 0 Å². The van der Waals surface area contributed by atoms with Gasteiger partial charge in [-0.25, -0.2) is 0 Å². The van der Waals surface area contributed by atoms with Crippen LogP contribution in [0, 0.1) is 5.92 Å². The van der Waals surface area contributed by atoms with Gasteiger partial charge in [0.15, 0.2) is 0 Å². The fourth-order valence-corrected chi connectivity index (χ4v) is 3.56. The van der Waals surface area contributed by atoms with Crippen LogP contribution in [0.5, 0.6) is 0 Å². The quantitative estimate of drug-likeness (QED) is 0.609. The molecular weight excluding hydrogens is 295 g/mol. The van der Waals surface area contributed by atoms with E-state index in [1.54, 1.807) is 0 Å². The van der Waals surface area contributed by atoms with Gasteiger partial charge >= 0.3 is 0 Å². The molecule has 0 aliphatic carbocycles. The van der Waals surface area contributed by atoms with Gasteiger partial charge in [0, 0.05) is 20.7 Å². The molecule has 1 unspecified atom stereocenters. The first kappa shape index (κ1) is 14.9. The fraction of sp³-hybridized carbons (Fsp3) is 0.375. The predicted molar refractivity (Wildman–Crippen MR) is 86.8 cm³/mol. The smallest absolute Gasteiger partial charge is 0.0406 e. The van der Waals surface area contributed by atoms with Crippen LogP contribution >= 0.6 is 34.5 Å². The standard InChI is InChI=1S/C16H18Cl2S/c1-2-15-7-8-16(19-15)10-13(11-17)9-12-3-5-14(18)6-4-12/h3-8,13H,2,9-11H2,1H3. The van der Waals surface area contributed by atoms with E-state index in [0.29, 0.717) is 11.8 Å². The SMILES string of the molecule is CCc1ccc(CC(CCl)Cc2ccc(Cl)cc2)s1. The summed E-state index contributed by atoms with van der Waals surface area (Å²) in [5.41, 5.74) is 1.31. The molecule has 0 N–H and O–H groups in total. The topological polar surface area (TPSA) is 0 Å². The molecule has 1 atom stereocenters. The second-order valence-electron chi connectivity index (χ2n) is 4.78. The van der Waals surface area contributed by atoms with Crippen molar-refractivity contribution in [1.82, 2.24) is 0 Å². The van der Waals surface area contributed by atoms with E-state index in [-0.39, 0.29) is 0 Å². The molecule has 19 heavy (non-hydrogen) atoms. The highest BCUT2D eigenvalue weighted by atomic mass is 35.5. The van der Waals surface area contributed by atoms with Gasteiger partial charge in [0.1, 0.15) is 0 Å². The number of aryl methyl sites for hydroxylation is 1. The fourth-order valence-electron chi connectivity index (χ4n) is 2.14. The van der Waals surface area contributed by atoms with Gasteiger partial charge in [-0.3, -0.25) is 0 Å². The van der Waals surface area contributed by atoms with Gasteiger partial charge in [0.25, 0.3) is 0 Å². The van der Waals surface area contributed by atoms with Crippen molar-refractivity contribution in [2.75, 3.05) is 5.88 Å². The Morgan fingerprint density at radius 1 is 1.00 bits per heavy atom. The lowest BCUT2D eigenvalue weighted by molar-refractivity contribution is 0.589. The van der Waals surface area contributed by atoms with Gasteiger partial charge < -0.3 is 0 Å². The maximum absolute atomic E-state index is 6.12. The van der Waals surface area contributed by atoms with Gasteiger partial charge in [-0.1, -0.05) is 30.7 Å². The Hall–Kier alpha value is -0.500. The lowest BCUT2D eigenvalue weighted by Crippen LogP contribution is -2.09. The van der Waals surface area contributed by atoms with Crippen molar-refractivity contribution in [3.8, 4) is 0 Å². The van der Waals surface area contributed by atoms with E-state index < -0.39 is 0 Å². The summed E-state index contributed by atoms with van der Waals surface area (Å²) in [5.74, 6) is 1.19. The molecule has 0 aliphatic rings. The molecule has 102 valence electrons. The Morgan fingerprint density at radius 3 is 2.26 bits per heavy atom. The summed E-state index contributed by atoms with van der Waals surface area (Å²) in [4.78, 5) is 2.89. The van der Waals surface area contributed by atoms with Gasteiger partial charge in [-0.2, -0.15) is 0 Å². The summed E-state index contributed by atoms with van der Waals surface area (Å²) < 4.78 is 0. The lowest BCUT2D eigenvalue weighted by atomic mass is 9.97. The van der Waals surface area contributed by atoms with E-state index >= 15 is 0 Å². The van der Waals surface area contributed by atoms with Crippen LogP contribution in [0.4, 0.5) is 0 Å². The highest BCUT2D eigenvalue weighted by Gasteiger charge is 2.11. The van der Waals surface area contributed by atoms with Crippen molar-refractivity contribution >= 4 is 34.5 Å². The average molecular weight is 313 g/mol. The summed E-state index contributed by atoms with van der Waals surface area (Å²) in [6.07, 6.45) is 3.20. The third-order valence-electron chi connectivity index (χ3n) is 3.21. The molecule has 1 aromatic heterocycles. The molecule has 1 aromatic carbocycles. The minimum atomic E-state index is 0.492. The van der Waals surface area contributed by atoms with Crippen LogP contribution in [0.1, 0.15) is 22.2 Å². The summed E-state index contributed by atoms with van der Waals surface area (Å²) in [7, 11) is 0. The first-order valence-electron chi connectivity index (χ1n) is 6.59. The van der Waals surface area contributed by atoms with Crippen molar-refractivity contribution in [3.63, 3.8) is 0 Å². The molecule has 2 rings (SSSR count). The largest absolute Gasteiger partial charge is 0.145 e. The van der Waals surface area contributed by atoms with Crippen LogP contribution in [0.15, 0.2) is 36.4 Å². The molecule has 0 fully saturated rings. The second-order valence-corrected chi connectivity index (χ2v) is 6.77. The van der Waals surface area contributed by atoms with Crippen LogP contribution in [-0.4, -0.2) is 5.88 Å². The zero-order chi connectivity index (χ0) is 13.7. The molecule has 0 nitrogen and oxygen atoms in total. The Morgan fingerprint density at radius 2 is 1.68 bits per heavy atom. The summed E-state index contributed by atoms with van der Waals surface area (Å²) in [6, 6.07) is 12.5. The van der Waals surface area contributed by atoms with E-state index in [2.05, 4.69) is 31.2 Å². The zero-order valence-corrected chi connectivity index (χ0v) is 13.4. The monoisotopic (exact) mass is 312 g/mol. The number of hydrogen-bond acceptors (Lipinski definition) is 1. The van der Waals surface area contributed by atoms with E-state index in [0.717, 1.165) is 24.3 Å². The Labute approximate surface area is 129 Å². The van der Waals surface area contributed by atoms with Gasteiger partial charge in [-0.15, -0.1) is 22.9 Å². The molecule has 0 saturated carbocycles. The molecule has 1 heterocycles. The van der Waals surface area contributed by atoms with E-state index in [4.69, 9.17) is 23.2 Å². The maximum atomic E-state index is 6.12. The average Bonchev–Trinajstić information content (AvgIpc) is 2.88. The molecule has 0 bridgehead atoms. The molecular formula is C16H18Cl2S. The number of halogens is 2. The minimum absolute atomic E-state index is 0.492. The Kier molecular flexibility index (Phi) is 5.75. The van der Waals surface area contributed by atoms with Crippen molar-refractivity contribution in [2.45, 2.75) is 26.2 Å². The van der Waals surface area contributed by atoms with Crippen molar-refractivity contribution in [3.05, 3.63) is 56.7 Å². The van der Waals surface area contributed by atoms with Crippen molar-refractivity contribution in [1.29, 1.82) is 0 Å². The number of thiophene rings is 1. The van der Waals surface area contributed by atoms with E-state index in [9.17, 15) is 0 Å². The molecule has 0 spiro atoms. The minimum Gasteiger partial charge on any atom is -0.145 e. The molecule has 3 heteroatoms. The van der Waals surface area contributed by atoms with Gasteiger partial charge in [0.2, 0.25) is 0 Å². The number of benzene rings is 1. The maximum Gasteiger partial charge on any atom is 0.0406 e. The first-order chi connectivity index (χ1) is 9.21. The second kappa shape index (κ2) is 7.33. The Bertz CT molecular complexity index is 502. The zero-order valence-electron chi connectivity index (χ0n) is 11.0. The molecule has 0 amide bonds. The van der Waals surface area contributed by atoms with Crippen LogP contribution < -0.4 is 0 Å². The number of hydrogen-bond donors (Lipinski definition) is 0. The lowest BCUT2D eigenvalue weighted by Gasteiger charge is -2.13. The van der Waals surface area contributed by atoms with E-state index in [1.165, 1.54) is 15.3 Å². The highest BCUT2D eigenvalue weighted by Crippen LogP contribution is 2.23. The van der Waals surface area contributed by atoms with Crippen LogP contribution in [0.25, 0.3) is 0 Å². The van der Waals surface area contributed by atoms with Crippen molar-refractivity contribution in [2.24, 2.45) is 5.92 Å². The summed E-state index contributed by atoms with van der Waals surface area (Å²) >= 11 is 13.9. The van der Waals surface area contributed by atoms with Crippen LogP contribution in [0.2, 0.25) is 5.02 Å². The van der Waals surface area contributed by atoms with Gasteiger partial charge in [0.05, 0.1) is 0 Å². The predicted octanol–water partition coefficient (Wildman–Crippen LogP) is 5.60. The summed E-state index contributed by atoms with van der Waals surface area (Å²) in [5, 5.41) is 0.789. The molecule has 2 aromatic rings. The third-order valence-corrected chi connectivity index (χ3v) is 5.15. The number of alkyl halides is 1. The first-order valence-corrected chi connectivity index (χ1v) is 8.32. The summed E-state index contributed by atoms with van der Waals surface area (Å²) in [6.45, 7) is 2.20. The molecule has 0 saturated heterocycles. The highest BCUT2D eigenvalue weighted by molar-refractivity contribution is 7.11. The van der Waals surface area contributed by atoms with Gasteiger partial charge in [-0.05, 0) is 55.0 Å². The molecule has 0 aliphatic heterocycles. The normalized spacial score (nSPS) is 12.6. The molecule has 0 radical (unpaired) electrons. The Balaban J connectivity index is 1.98.